The van der Waals surface area contributed by atoms with E-state index in [0.717, 1.165) is 22.5 Å². The van der Waals surface area contributed by atoms with Gasteiger partial charge in [-0.3, -0.25) is 9.97 Å². The Morgan fingerprint density at radius 3 is 1.41 bits per heavy atom. The summed E-state index contributed by atoms with van der Waals surface area (Å²) in [7, 11) is 0. The average molecular weight is 802 g/mol. The van der Waals surface area contributed by atoms with Crippen LogP contribution in [0.2, 0.25) is 0 Å². The molecule has 3 heteroatoms. The molecule has 0 aliphatic carbocycles. The summed E-state index contributed by atoms with van der Waals surface area (Å²) in [5.41, 5.74) is 15.1. The largest absolute Gasteiger partial charge is 0.308 e. The molecule has 3 heterocycles. The molecule has 12 aromatic rings. The van der Waals surface area contributed by atoms with Gasteiger partial charge in [-0.25, -0.2) is 0 Å². The Hall–Kier alpha value is -8.40. The van der Waals surface area contributed by atoms with Gasteiger partial charge in [-0.2, -0.15) is 0 Å². The van der Waals surface area contributed by atoms with E-state index in [0.29, 0.717) is 0 Å². The molecule has 3 nitrogen and oxygen atoms in total. The van der Waals surface area contributed by atoms with E-state index in [1.54, 1.807) is 0 Å². The maximum absolute atomic E-state index is 4.84. The van der Waals surface area contributed by atoms with Crippen LogP contribution in [-0.2, 0) is 0 Å². The van der Waals surface area contributed by atoms with Crippen LogP contribution in [0.1, 0.15) is 11.3 Å². The minimum absolute atomic E-state index is 0.916. The highest BCUT2D eigenvalue weighted by atomic mass is 15.0. The van der Waals surface area contributed by atoms with E-state index in [1.165, 1.54) is 93.1 Å². The molecule has 0 bridgehead atoms. The molecular weight excluding hydrogens is 763 g/mol. The summed E-state index contributed by atoms with van der Waals surface area (Å²) in [5, 5.41) is 9.92. The van der Waals surface area contributed by atoms with Gasteiger partial charge in [-0.05, 0) is 113 Å². The standard InChI is InChI=1S/C60H39N3/c1-2-14-49-48(13-1)47(44-12-11-37-61-38-44)35-36-56(49)60-54-19-5-3-17-52(54)59(53-18-4-6-20-55(53)60)43-30-28-42(29-31-43)41-26-23-40(24-27-41)25-32-45-33-34-46(39-62-45)63-57-21-9-7-15-50(57)51-16-8-10-22-58(51)63/h1-39H. The topological polar surface area (TPSA) is 30.7 Å². The Morgan fingerprint density at radius 2 is 0.841 bits per heavy atom. The number of hydrogen-bond acceptors (Lipinski definition) is 2. The monoisotopic (exact) mass is 801 g/mol. The molecule has 9 aromatic carbocycles. The van der Waals surface area contributed by atoms with Crippen LogP contribution in [0.5, 0.6) is 0 Å². The first-order valence-corrected chi connectivity index (χ1v) is 21.5. The molecule has 294 valence electrons. The number of nitrogens with zero attached hydrogens (tertiary/aromatic N) is 3. The van der Waals surface area contributed by atoms with Crippen LogP contribution in [0, 0.1) is 0 Å². The van der Waals surface area contributed by atoms with Crippen molar-refractivity contribution >= 4 is 66.3 Å². The van der Waals surface area contributed by atoms with E-state index in [2.05, 4.69) is 222 Å². The lowest BCUT2D eigenvalue weighted by atomic mass is 9.83. The second-order valence-electron chi connectivity index (χ2n) is 16.1. The number of para-hydroxylation sites is 2. The lowest BCUT2D eigenvalue weighted by Gasteiger charge is -2.19. The molecule has 0 aliphatic heterocycles. The number of hydrogen-bond donors (Lipinski definition) is 0. The lowest BCUT2D eigenvalue weighted by molar-refractivity contribution is 1.13. The highest BCUT2D eigenvalue weighted by Crippen LogP contribution is 2.46. The fourth-order valence-electron chi connectivity index (χ4n) is 9.65. The van der Waals surface area contributed by atoms with Gasteiger partial charge in [0.25, 0.3) is 0 Å². The number of aromatic nitrogens is 3. The van der Waals surface area contributed by atoms with Crippen molar-refractivity contribution in [2.75, 3.05) is 0 Å². The van der Waals surface area contributed by atoms with Gasteiger partial charge in [0.2, 0.25) is 0 Å². The van der Waals surface area contributed by atoms with Crippen LogP contribution in [0.4, 0.5) is 0 Å². The molecule has 0 saturated heterocycles. The van der Waals surface area contributed by atoms with Crippen molar-refractivity contribution in [2.45, 2.75) is 0 Å². The third-order valence-electron chi connectivity index (χ3n) is 12.6. The Labute approximate surface area is 365 Å². The van der Waals surface area contributed by atoms with Gasteiger partial charge in [0.15, 0.2) is 0 Å². The van der Waals surface area contributed by atoms with Gasteiger partial charge < -0.3 is 4.57 Å². The van der Waals surface area contributed by atoms with Gasteiger partial charge >= 0.3 is 0 Å². The molecule has 12 rings (SSSR count). The van der Waals surface area contributed by atoms with Gasteiger partial charge in [0.1, 0.15) is 0 Å². The van der Waals surface area contributed by atoms with Crippen molar-refractivity contribution in [2.24, 2.45) is 0 Å². The molecule has 63 heavy (non-hydrogen) atoms. The fourth-order valence-corrected chi connectivity index (χ4v) is 9.65. The number of rotatable bonds is 7. The minimum Gasteiger partial charge on any atom is -0.308 e. The summed E-state index contributed by atoms with van der Waals surface area (Å²) in [4.78, 5) is 9.26. The molecule has 0 amide bonds. The summed E-state index contributed by atoms with van der Waals surface area (Å²) in [6.45, 7) is 0. The Kier molecular flexibility index (Phi) is 8.83. The van der Waals surface area contributed by atoms with E-state index in [-0.39, 0.29) is 0 Å². The summed E-state index contributed by atoms with van der Waals surface area (Å²) in [6, 6.07) is 74.5. The predicted octanol–water partition coefficient (Wildman–Crippen LogP) is 15.9. The van der Waals surface area contributed by atoms with Crippen LogP contribution in [0.25, 0.3) is 116 Å². The molecule has 0 spiro atoms. The molecule has 0 aliphatic rings. The quantitative estimate of drug-likeness (QED) is 0.150. The second kappa shape index (κ2) is 15.3. The molecule has 0 radical (unpaired) electrons. The molecule has 3 aromatic heterocycles. The van der Waals surface area contributed by atoms with Crippen LogP contribution >= 0.6 is 0 Å². The highest BCUT2D eigenvalue weighted by molar-refractivity contribution is 6.24. The maximum atomic E-state index is 4.84. The van der Waals surface area contributed by atoms with Crippen molar-refractivity contribution in [1.82, 2.24) is 14.5 Å². The zero-order valence-corrected chi connectivity index (χ0v) is 34.4. The molecule has 0 unspecified atom stereocenters. The predicted molar refractivity (Wildman–Crippen MR) is 266 cm³/mol. The first-order valence-electron chi connectivity index (χ1n) is 21.5. The molecule has 0 fully saturated rings. The van der Waals surface area contributed by atoms with Crippen LogP contribution < -0.4 is 0 Å². The smallest absolute Gasteiger partial charge is 0.0645 e. The van der Waals surface area contributed by atoms with Crippen molar-refractivity contribution in [3.05, 3.63) is 236 Å². The SMILES string of the molecule is C(=Cc1ccc(-n2c3ccccc3c3ccccc32)cn1)c1ccc(-c2ccc(-c3c4ccccc4c(-c4ccc(-c5cccnc5)c5ccccc45)c4ccccc34)cc2)cc1. The Morgan fingerprint density at radius 1 is 0.333 bits per heavy atom. The number of benzene rings is 9. The summed E-state index contributed by atoms with van der Waals surface area (Å²) in [6.07, 6.45) is 9.96. The van der Waals surface area contributed by atoms with Gasteiger partial charge in [-0.15, -0.1) is 0 Å². The summed E-state index contributed by atoms with van der Waals surface area (Å²) in [5.74, 6) is 0. The van der Waals surface area contributed by atoms with Crippen LogP contribution in [-0.4, -0.2) is 14.5 Å². The molecule has 0 saturated carbocycles. The normalized spacial score (nSPS) is 11.7. The average Bonchev–Trinajstić information content (AvgIpc) is 3.70. The number of fused-ring (bicyclic) bond motifs is 6. The summed E-state index contributed by atoms with van der Waals surface area (Å²) >= 11 is 0. The van der Waals surface area contributed by atoms with Crippen molar-refractivity contribution in [3.8, 4) is 50.2 Å². The van der Waals surface area contributed by atoms with Crippen LogP contribution in [0.15, 0.2) is 225 Å². The van der Waals surface area contributed by atoms with E-state index >= 15 is 0 Å². The van der Waals surface area contributed by atoms with Crippen molar-refractivity contribution in [1.29, 1.82) is 0 Å². The Balaban J connectivity index is 0.847. The Bertz CT molecular complexity index is 3580. The molecular formula is C60H39N3. The van der Waals surface area contributed by atoms with Crippen LogP contribution in [0.3, 0.4) is 0 Å². The zero-order valence-electron chi connectivity index (χ0n) is 34.4. The van der Waals surface area contributed by atoms with Crippen molar-refractivity contribution < 1.29 is 0 Å². The van der Waals surface area contributed by atoms with E-state index in [9.17, 15) is 0 Å². The summed E-state index contributed by atoms with van der Waals surface area (Å²) < 4.78 is 2.30. The van der Waals surface area contributed by atoms with Gasteiger partial charge in [0.05, 0.1) is 28.6 Å². The van der Waals surface area contributed by atoms with E-state index < -0.39 is 0 Å². The maximum Gasteiger partial charge on any atom is 0.0645 e. The minimum atomic E-state index is 0.916. The fraction of sp³-hybridized carbons (Fsp3) is 0. The second-order valence-corrected chi connectivity index (χ2v) is 16.1. The van der Waals surface area contributed by atoms with Crippen molar-refractivity contribution in [3.63, 3.8) is 0 Å². The van der Waals surface area contributed by atoms with Gasteiger partial charge in [0, 0.05) is 28.7 Å². The zero-order chi connectivity index (χ0) is 41.7. The number of pyridine rings is 2. The van der Waals surface area contributed by atoms with Gasteiger partial charge in [-0.1, -0.05) is 182 Å². The lowest BCUT2D eigenvalue weighted by Crippen LogP contribution is -1.95. The third-order valence-corrected chi connectivity index (χ3v) is 12.6. The molecule has 0 N–H and O–H groups in total. The third kappa shape index (κ3) is 6.29. The van der Waals surface area contributed by atoms with E-state index in [4.69, 9.17) is 4.98 Å². The first kappa shape index (κ1) is 36.5. The molecule has 0 atom stereocenters. The van der Waals surface area contributed by atoms with E-state index in [1.807, 2.05) is 24.7 Å². The first-order chi connectivity index (χ1) is 31.3. The highest BCUT2D eigenvalue weighted by Gasteiger charge is 2.19.